The van der Waals surface area contributed by atoms with Crippen LogP contribution in [0.15, 0.2) is 48.8 Å². The normalized spacial score (nSPS) is 17.3. The molecule has 2 aromatic rings. The van der Waals surface area contributed by atoms with Gasteiger partial charge in [-0.15, -0.1) is 0 Å². The fraction of sp³-hybridized carbons (Fsp3) is 0.435. The minimum atomic E-state index is -0.239. The molecule has 1 fully saturated rings. The summed E-state index contributed by atoms with van der Waals surface area (Å²) in [5, 5.41) is 0. The van der Waals surface area contributed by atoms with Crippen LogP contribution in [0.1, 0.15) is 18.9 Å². The van der Waals surface area contributed by atoms with Crippen molar-refractivity contribution < 1.29 is 14.3 Å². The van der Waals surface area contributed by atoms with Crippen molar-refractivity contribution >= 4 is 11.8 Å². The molecule has 154 valence electrons. The Balaban J connectivity index is 1.79. The number of pyridine rings is 1. The largest absolute Gasteiger partial charge is 0.384 e. The van der Waals surface area contributed by atoms with E-state index in [0.29, 0.717) is 45.6 Å². The van der Waals surface area contributed by atoms with Crippen LogP contribution < -0.4 is 0 Å². The molecule has 6 nitrogen and oxygen atoms in total. The lowest BCUT2D eigenvalue weighted by Crippen LogP contribution is -2.38. The summed E-state index contributed by atoms with van der Waals surface area (Å²) in [5.41, 5.74) is 3.30. The molecule has 0 spiro atoms. The first-order valence-corrected chi connectivity index (χ1v) is 10.2. The first kappa shape index (κ1) is 21.0. The standard InChI is InChI=1S/C23H29N3O3/c1-3-25-12-13-26(22(27)9-14-29-2)17-21(23(25)28)16-18-5-4-6-20(15-18)19-7-10-24-11-8-19/h4-8,10-11,15,21H,3,9,12-14,16-17H2,1-2H3. The summed E-state index contributed by atoms with van der Waals surface area (Å²) in [6.45, 7) is 4.67. The zero-order valence-electron chi connectivity index (χ0n) is 17.2. The van der Waals surface area contributed by atoms with Crippen molar-refractivity contribution in [3.8, 4) is 11.1 Å². The van der Waals surface area contributed by atoms with E-state index < -0.39 is 0 Å². The minimum Gasteiger partial charge on any atom is -0.384 e. The lowest BCUT2D eigenvalue weighted by molar-refractivity contribution is -0.135. The van der Waals surface area contributed by atoms with Crippen LogP contribution in [-0.4, -0.2) is 66.5 Å². The molecule has 0 aliphatic carbocycles. The van der Waals surface area contributed by atoms with E-state index in [9.17, 15) is 9.59 Å². The molecule has 1 atom stereocenters. The van der Waals surface area contributed by atoms with Crippen molar-refractivity contribution in [3.63, 3.8) is 0 Å². The number of hydrogen-bond donors (Lipinski definition) is 0. The minimum absolute atomic E-state index is 0.0492. The molecule has 1 aliphatic rings. The van der Waals surface area contributed by atoms with Crippen molar-refractivity contribution in [3.05, 3.63) is 54.4 Å². The number of amides is 2. The molecule has 0 radical (unpaired) electrons. The van der Waals surface area contributed by atoms with E-state index in [-0.39, 0.29) is 17.7 Å². The number of likely N-dealkylation sites (N-methyl/N-ethyl adjacent to an activating group) is 1. The zero-order chi connectivity index (χ0) is 20.6. The van der Waals surface area contributed by atoms with Crippen molar-refractivity contribution in [1.29, 1.82) is 0 Å². The second-order valence-electron chi connectivity index (χ2n) is 7.34. The zero-order valence-corrected chi connectivity index (χ0v) is 17.2. The number of carbonyl (C=O) groups excluding carboxylic acids is 2. The van der Waals surface area contributed by atoms with Gasteiger partial charge in [0.15, 0.2) is 0 Å². The highest BCUT2D eigenvalue weighted by Crippen LogP contribution is 2.23. The van der Waals surface area contributed by atoms with Gasteiger partial charge in [-0.25, -0.2) is 0 Å². The van der Waals surface area contributed by atoms with Gasteiger partial charge in [-0.1, -0.05) is 24.3 Å². The molecule has 1 unspecified atom stereocenters. The van der Waals surface area contributed by atoms with Crippen LogP contribution in [0.25, 0.3) is 11.1 Å². The lowest BCUT2D eigenvalue weighted by atomic mass is 9.95. The molecule has 2 amide bonds. The van der Waals surface area contributed by atoms with Crippen LogP contribution in [-0.2, 0) is 20.7 Å². The van der Waals surface area contributed by atoms with E-state index in [1.54, 1.807) is 19.5 Å². The van der Waals surface area contributed by atoms with E-state index in [4.69, 9.17) is 4.74 Å². The Morgan fingerprint density at radius 2 is 1.97 bits per heavy atom. The lowest BCUT2D eigenvalue weighted by Gasteiger charge is -2.23. The third-order valence-corrected chi connectivity index (χ3v) is 5.42. The number of ether oxygens (including phenoxy) is 1. The summed E-state index contributed by atoms with van der Waals surface area (Å²) < 4.78 is 5.05. The molecule has 6 heteroatoms. The van der Waals surface area contributed by atoms with Gasteiger partial charge in [-0.3, -0.25) is 14.6 Å². The Kier molecular flexibility index (Phi) is 7.36. The third kappa shape index (κ3) is 5.41. The van der Waals surface area contributed by atoms with E-state index in [0.717, 1.165) is 16.7 Å². The number of rotatable bonds is 7. The first-order valence-electron chi connectivity index (χ1n) is 10.2. The van der Waals surface area contributed by atoms with E-state index in [1.165, 1.54) is 0 Å². The maximum absolute atomic E-state index is 13.1. The van der Waals surface area contributed by atoms with Gasteiger partial charge in [0.1, 0.15) is 0 Å². The molecule has 0 N–H and O–H groups in total. The fourth-order valence-corrected chi connectivity index (χ4v) is 3.79. The van der Waals surface area contributed by atoms with E-state index >= 15 is 0 Å². The predicted molar refractivity (Wildman–Crippen MR) is 112 cm³/mol. The fourth-order valence-electron chi connectivity index (χ4n) is 3.79. The Morgan fingerprint density at radius 3 is 2.69 bits per heavy atom. The highest BCUT2D eigenvalue weighted by molar-refractivity contribution is 5.82. The van der Waals surface area contributed by atoms with Gasteiger partial charge in [0.25, 0.3) is 0 Å². The monoisotopic (exact) mass is 395 g/mol. The van der Waals surface area contributed by atoms with Crippen LogP contribution >= 0.6 is 0 Å². The van der Waals surface area contributed by atoms with Gasteiger partial charge in [0.05, 0.1) is 18.9 Å². The number of nitrogens with zero attached hydrogens (tertiary/aromatic N) is 3. The average Bonchev–Trinajstić information content (AvgIpc) is 2.92. The highest BCUT2D eigenvalue weighted by atomic mass is 16.5. The molecule has 0 saturated carbocycles. The topological polar surface area (TPSA) is 62.7 Å². The number of hydrogen-bond acceptors (Lipinski definition) is 4. The molecule has 1 aromatic carbocycles. The summed E-state index contributed by atoms with van der Waals surface area (Å²) in [6.07, 6.45) is 4.52. The van der Waals surface area contributed by atoms with E-state index in [2.05, 4.69) is 23.2 Å². The average molecular weight is 396 g/mol. The smallest absolute Gasteiger partial charge is 0.227 e. The summed E-state index contributed by atoms with van der Waals surface area (Å²) in [4.78, 5) is 33.4. The molecule has 1 saturated heterocycles. The van der Waals surface area contributed by atoms with Crippen LogP contribution in [0.3, 0.4) is 0 Å². The quantitative estimate of drug-likeness (QED) is 0.723. The van der Waals surface area contributed by atoms with Gasteiger partial charge in [-0.05, 0) is 42.2 Å². The van der Waals surface area contributed by atoms with Crippen LogP contribution in [0.4, 0.5) is 0 Å². The van der Waals surface area contributed by atoms with Gasteiger partial charge in [0.2, 0.25) is 11.8 Å². The Hall–Kier alpha value is -2.73. The SMILES string of the molecule is CCN1CCN(C(=O)CCOC)CC(Cc2cccc(-c3ccncc3)c2)C1=O. The van der Waals surface area contributed by atoms with Crippen molar-refractivity contribution in [2.45, 2.75) is 19.8 Å². The predicted octanol–water partition coefficient (Wildman–Crippen LogP) is 2.63. The Morgan fingerprint density at radius 1 is 1.17 bits per heavy atom. The van der Waals surface area contributed by atoms with Gasteiger partial charge in [0, 0.05) is 45.7 Å². The first-order chi connectivity index (χ1) is 14.1. The number of aromatic nitrogens is 1. The maximum atomic E-state index is 13.1. The summed E-state index contributed by atoms with van der Waals surface area (Å²) in [6, 6.07) is 12.2. The van der Waals surface area contributed by atoms with E-state index in [1.807, 2.05) is 34.9 Å². The van der Waals surface area contributed by atoms with Gasteiger partial charge >= 0.3 is 0 Å². The number of methoxy groups -OCH3 is 1. The molecular formula is C23H29N3O3. The van der Waals surface area contributed by atoms with Crippen molar-refractivity contribution in [2.24, 2.45) is 5.92 Å². The Labute approximate surface area is 172 Å². The molecule has 0 bridgehead atoms. The summed E-state index contributed by atoms with van der Waals surface area (Å²) in [7, 11) is 1.59. The van der Waals surface area contributed by atoms with Crippen LogP contribution in [0.2, 0.25) is 0 Å². The van der Waals surface area contributed by atoms with Crippen LogP contribution in [0, 0.1) is 5.92 Å². The molecular weight excluding hydrogens is 366 g/mol. The van der Waals surface area contributed by atoms with Crippen molar-refractivity contribution in [1.82, 2.24) is 14.8 Å². The summed E-state index contributed by atoms with van der Waals surface area (Å²) >= 11 is 0. The second-order valence-corrected chi connectivity index (χ2v) is 7.34. The number of benzene rings is 1. The highest BCUT2D eigenvalue weighted by Gasteiger charge is 2.31. The Bertz CT molecular complexity index is 825. The molecule has 2 heterocycles. The maximum Gasteiger partial charge on any atom is 0.227 e. The molecule has 1 aromatic heterocycles. The van der Waals surface area contributed by atoms with Gasteiger partial charge in [-0.2, -0.15) is 0 Å². The molecule has 1 aliphatic heterocycles. The van der Waals surface area contributed by atoms with Crippen LogP contribution in [0.5, 0.6) is 0 Å². The second kappa shape index (κ2) is 10.2. The molecule has 3 rings (SSSR count). The van der Waals surface area contributed by atoms with Crippen molar-refractivity contribution in [2.75, 3.05) is 39.9 Å². The number of carbonyl (C=O) groups is 2. The summed E-state index contributed by atoms with van der Waals surface area (Å²) in [5.74, 6) is -0.0615. The molecule has 29 heavy (non-hydrogen) atoms. The third-order valence-electron chi connectivity index (χ3n) is 5.42. The van der Waals surface area contributed by atoms with Gasteiger partial charge < -0.3 is 14.5 Å².